The van der Waals surface area contributed by atoms with Gasteiger partial charge in [0.25, 0.3) is 0 Å². The van der Waals surface area contributed by atoms with Crippen LogP contribution in [0, 0.1) is 0 Å². The van der Waals surface area contributed by atoms with Crippen molar-refractivity contribution in [2.24, 2.45) is 5.73 Å². The largest absolute Gasteiger partial charge is 0.381 e. The van der Waals surface area contributed by atoms with Crippen LogP contribution in [0.4, 0.5) is 0 Å². The molecule has 0 spiro atoms. The van der Waals surface area contributed by atoms with Crippen molar-refractivity contribution in [3.8, 4) is 0 Å². The fourth-order valence-corrected chi connectivity index (χ4v) is 3.70. The van der Waals surface area contributed by atoms with Crippen molar-refractivity contribution in [2.45, 2.75) is 43.3 Å². The van der Waals surface area contributed by atoms with Gasteiger partial charge in [-0.25, -0.2) is 0 Å². The third-order valence-electron chi connectivity index (χ3n) is 5.17. The van der Waals surface area contributed by atoms with Gasteiger partial charge in [-0.05, 0) is 43.4 Å². The van der Waals surface area contributed by atoms with Gasteiger partial charge in [0.15, 0.2) is 0 Å². The quantitative estimate of drug-likeness (QED) is 0.850. The maximum absolute atomic E-state index is 12.4. The van der Waals surface area contributed by atoms with Gasteiger partial charge >= 0.3 is 0 Å². The number of halogens is 1. The van der Waals surface area contributed by atoms with Gasteiger partial charge in [-0.15, -0.1) is 0 Å². The van der Waals surface area contributed by atoms with Crippen molar-refractivity contribution in [3.63, 3.8) is 0 Å². The van der Waals surface area contributed by atoms with E-state index in [-0.39, 0.29) is 23.5 Å². The molecule has 0 aromatic heterocycles. The third-order valence-corrected chi connectivity index (χ3v) is 5.42. The minimum absolute atomic E-state index is 0.00839. The number of ether oxygens (including phenoxy) is 2. The molecule has 24 heavy (non-hydrogen) atoms. The summed E-state index contributed by atoms with van der Waals surface area (Å²) in [6.07, 6.45) is 2.99. The first-order valence-electron chi connectivity index (χ1n) is 8.60. The summed E-state index contributed by atoms with van der Waals surface area (Å²) in [5, 5.41) is 3.82. The van der Waals surface area contributed by atoms with E-state index in [0.29, 0.717) is 26.3 Å². The molecule has 6 heteroatoms. The Balaban J connectivity index is 1.66. The molecule has 0 aliphatic carbocycles. The first kappa shape index (κ1) is 17.7. The highest BCUT2D eigenvalue weighted by molar-refractivity contribution is 6.30. The number of rotatable bonds is 5. The zero-order chi connectivity index (χ0) is 17.0. The molecule has 3 rings (SSSR count). The lowest BCUT2D eigenvalue weighted by molar-refractivity contribution is -0.132. The SMILES string of the molecule is NC[C@H]1CC[C@@H](C(=O)NCC2(c3ccc(Cl)cc3)CCOCC2)O1. The second kappa shape index (κ2) is 7.83. The van der Waals surface area contributed by atoms with E-state index in [1.165, 1.54) is 5.56 Å². The molecule has 2 heterocycles. The Bertz CT molecular complexity index is 558. The van der Waals surface area contributed by atoms with Crippen LogP contribution >= 0.6 is 11.6 Å². The van der Waals surface area contributed by atoms with Crippen molar-refractivity contribution in [2.75, 3.05) is 26.3 Å². The van der Waals surface area contributed by atoms with Crippen molar-refractivity contribution >= 4 is 17.5 Å². The lowest BCUT2D eigenvalue weighted by Gasteiger charge is -2.38. The average molecular weight is 353 g/mol. The Morgan fingerprint density at radius 1 is 1.25 bits per heavy atom. The van der Waals surface area contributed by atoms with E-state index in [4.69, 9.17) is 26.8 Å². The minimum Gasteiger partial charge on any atom is -0.381 e. The number of hydrogen-bond acceptors (Lipinski definition) is 4. The van der Waals surface area contributed by atoms with Crippen LogP contribution in [0.5, 0.6) is 0 Å². The number of nitrogens with one attached hydrogen (secondary N) is 1. The standard InChI is InChI=1S/C18H25ClN2O3/c19-14-3-1-13(2-4-14)18(7-9-23-10-8-18)12-21-17(22)16-6-5-15(11-20)24-16/h1-4,15-16H,5-12,20H2,(H,21,22)/t15-,16+/m1/s1. The number of carbonyl (C=O) groups is 1. The molecule has 0 bridgehead atoms. The monoisotopic (exact) mass is 352 g/mol. The second-order valence-corrected chi connectivity index (χ2v) is 7.11. The first-order chi connectivity index (χ1) is 11.6. The molecule has 1 amide bonds. The Labute approximate surface area is 147 Å². The molecule has 2 saturated heterocycles. The number of amides is 1. The van der Waals surface area contributed by atoms with Crippen LogP contribution in [0.2, 0.25) is 5.02 Å². The van der Waals surface area contributed by atoms with Gasteiger partial charge in [0.2, 0.25) is 5.91 Å². The molecule has 3 N–H and O–H groups in total. The Kier molecular flexibility index (Phi) is 5.76. The van der Waals surface area contributed by atoms with Gasteiger partial charge < -0.3 is 20.5 Å². The summed E-state index contributed by atoms with van der Waals surface area (Å²) in [6.45, 7) is 2.46. The van der Waals surface area contributed by atoms with Crippen LogP contribution in [0.3, 0.4) is 0 Å². The maximum atomic E-state index is 12.4. The highest BCUT2D eigenvalue weighted by Crippen LogP contribution is 2.35. The lowest BCUT2D eigenvalue weighted by Crippen LogP contribution is -2.47. The summed E-state index contributed by atoms with van der Waals surface area (Å²) in [7, 11) is 0. The lowest BCUT2D eigenvalue weighted by atomic mass is 9.74. The number of carbonyl (C=O) groups excluding carboxylic acids is 1. The predicted molar refractivity (Wildman–Crippen MR) is 93.1 cm³/mol. The van der Waals surface area contributed by atoms with Crippen molar-refractivity contribution < 1.29 is 14.3 Å². The van der Waals surface area contributed by atoms with Gasteiger partial charge in [-0.3, -0.25) is 4.79 Å². The molecule has 2 aliphatic rings. The molecule has 132 valence electrons. The van der Waals surface area contributed by atoms with Gasteiger partial charge in [0, 0.05) is 36.7 Å². The Morgan fingerprint density at radius 2 is 1.96 bits per heavy atom. The van der Waals surface area contributed by atoms with E-state index in [1.54, 1.807) is 0 Å². The van der Waals surface area contributed by atoms with Gasteiger partial charge in [-0.1, -0.05) is 23.7 Å². The van der Waals surface area contributed by atoms with Crippen molar-refractivity contribution in [3.05, 3.63) is 34.9 Å². The minimum atomic E-state index is -0.374. The molecular weight excluding hydrogens is 328 g/mol. The predicted octanol–water partition coefficient (Wildman–Crippen LogP) is 2.01. The van der Waals surface area contributed by atoms with Gasteiger partial charge in [-0.2, -0.15) is 0 Å². The highest BCUT2D eigenvalue weighted by atomic mass is 35.5. The Morgan fingerprint density at radius 3 is 2.58 bits per heavy atom. The van der Waals surface area contributed by atoms with Crippen molar-refractivity contribution in [1.82, 2.24) is 5.32 Å². The molecule has 1 aromatic rings. The molecule has 2 aliphatic heterocycles. The van der Waals surface area contributed by atoms with E-state index in [2.05, 4.69) is 17.4 Å². The molecule has 1 aromatic carbocycles. The number of hydrogen-bond donors (Lipinski definition) is 2. The molecule has 5 nitrogen and oxygen atoms in total. The number of benzene rings is 1. The molecule has 0 unspecified atom stereocenters. The topological polar surface area (TPSA) is 73.6 Å². The summed E-state index contributed by atoms with van der Waals surface area (Å²) in [4.78, 5) is 12.4. The summed E-state index contributed by atoms with van der Waals surface area (Å²) in [5.41, 5.74) is 6.71. The van der Waals surface area contributed by atoms with E-state index in [0.717, 1.165) is 30.7 Å². The normalized spacial score (nSPS) is 26.2. The van der Waals surface area contributed by atoms with Crippen LogP contribution in [-0.4, -0.2) is 44.4 Å². The summed E-state index contributed by atoms with van der Waals surface area (Å²) >= 11 is 6.02. The van der Waals surface area contributed by atoms with Gasteiger partial charge in [0.1, 0.15) is 6.10 Å². The average Bonchev–Trinajstić information content (AvgIpc) is 3.10. The zero-order valence-corrected chi connectivity index (χ0v) is 14.6. The fourth-order valence-electron chi connectivity index (χ4n) is 3.58. The van der Waals surface area contributed by atoms with Crippen LogP contribution < -0.4 is 11.1 Å². The first-order valence-corrected chi connectivity index (χ1v) is 8.98. The van der Waals surface area contributed by atoms with Crippen molar-refractivity contribution in [1.29, 1.82) is 0 Å². The van der Waals surface area contributed by atoms with E-state index >= 15 is 0 Å². The van der Waals surface area contributed by atoms with E-state index in [1.807, 2.05) is 12.1 Å². The smallest absolute Gasteiger partial charge is 0.249 e. The van der Waals surface area contributed by atoms with E-state index < -0.39 is 0 Å². The molecule has 2 fully saturated rings. The maximum Gasteiger partial charge on any atom is 0.249 e. The molecule has 2 atom stereocenters. The summed E-state index contributed by atoms with van der Waals surface area (Å²) in [6, 6.07) is 7.91. The number of nitrogens with two attached hydrogens (primary N) is 1. The molecular formula is C18H25ClN2O3. The second-order valence-electron chi connectivity index (χ2n) is 6.68. The molecule has 0 saturated carbocycles. The van der Waals surface area contributed by atoms with Crippen LogP contribution in [0.1, 0.15) is 31.2 Å². The van der Waals surface area contributed by atoms with Crippen LogP contribution in [0.15, 0.2) is 24.3 Å². The summed E-state index contributed by atoms with van der Waals surface area (Å²) < 4.78 is 11.2. The fraction of sp³-hybridized carbons (Fsp3) is 0.611. The third kappa shape index (κ3) is 3.91. The van der Waals surface area contributed by atoms with Gasteiger partial charge in [0.05, 0.1) is 6.10 Å². The Hall–Kier alpha value is -1.14. The summed E-state index contributed by atoms with van der Waals surface area (Å²) in [5.74, 6) is -0.0363. The zero-order valence-electron chi connectivity index (χ0n) is 13.8. The highest BCUT2D eigenvalue weighted by Gasteiger charge is 2.36. The van der Waals surface area contributed by atoms with E-state index in [9.17, 15) is 4.79 Å². The molecule has 0 radical (unpaired) electrons. The van der Waals surface area contributed by atoms with Crippen LogP contribution in [0.25, 0.3) is 0 Å². The van der Waals surface area contributed by atoms with Crippen LogP contribution in [-0.2, 0) is 19.7 Å².